The lowest BCUT2D eigenvalue weighted by molar-refractivity contribution is 0.0698. The number of benzene rings is 3. The number of likely N-dealkylation sites (N-methyl/N-ethyl adjacent to an activating group) is 1. The molecule has 3 heterocycles. The predicted molar refractivity (Wildman–Crippen MR) is 163 cm³/mol. The van der Waals surface area contributed by atoms with Gasteiger partial charge < -0.3 is 15.5 Å². The first-order chi connectivity index (χ1) is 19.9. The van der Waals surface area contributed by atoms with Crippen molar-refractivity contribution in [2.45, 2.75) is 32.9 Å². The number of carbonyl (C=O) groups is 1. The number of carbonyl (C=O) groups excluding carboxylic acids is 1. The SMILES string of the molecule is C.CNC1CCCN(C(=O)c2ccc(Nc3ncc4c(n3)-c3ccc(Cl)cc3C(c3c(F)cccc3F)=NC4)cc2)C1. The fourth-order valence-electron chi connectivity index (χ4n) is 5.33. The van der Waals surface area contributed by atoms with Gasteiger partial charge in [-0.3, -0.25) is 9.79 Å². The maximum atomic E-state index is 14.8. The van der Waals surface area contributed by atoms with Crippen LogP contribution in [-0.2, 0) is 6.54 Å². The molecule has 2 N–H and O–H groups in total. The second kappa shape index (κ2) is 12.3. The Morgan fingerprint density at radius 2 is 1.81 bits per heavy atom. The molecule has 1 atom stereocenters. The lowest BCUT2D eigenvalue weighted by Crippen LogP contribution is -2.46. The Balaban J connectivity index is 0.00000353. The second-order valence-corrected chi connectivity index (χ2v) is 10.5. The number of rotatable bonds is 5. The molecule has 0 saturated carbocycles. The molecule has 1 unspecified atom stereocenters. The molecule has 0 bridgehead atoms. The van der Waals surface area contributed by atoms with Crippen LogP contribution in [-0.4, -0.2) is 52.7 Å². The maximum absolute atomic E-state index is 14.8. The summed E-state index contributed by atoms with van der Waals surface area (Å²) in [6.07, 6.45) is 3.69. The van der Waals surface area contributed by atoms with Crippen LogP contribution in [0.1, 0.15) is 47.3 Å². The van der Waals surface area contributed by atoms with Crippen LogP contribution in [0.5, 0.6) is 0 Å². The van der Waals surface area contributed by atoms with E-state index in [-0.39, 0.29) is 31.2 Å². The fraction of sp³-hybridized carbons (Fsp3) is 0.250. The molecule has 2 aliphatic heterocycles. The van der Waals surface area contributed by atoms with Crippen LogP contribution < -0.4 is 10.6 Å². The third kappa shape index (κ3) is 5.75. The van der Waals surface area contributed by atoms with E-state index in [2.05, 4.69) is 20.6 Å². The van der Waals surface area contributed by atoms with E-state index in [1.807, 2.05) is 24.1 Å². The Labute approximate surface area is 248 Å². The van der Waals surface area contributed by atoms with Crippen LogP contribution in [0.15, 0.2) is 71.9 Å². The van der Waals surface area contributed by atoms with Gasteiger partial charge in [-0.2, -0.15) is 0 Å². The molecule has 1 aromatic heterocycles. The highest BCUT2D eigenvalue weighted by molar-refractivity contribution is 6.31. The van der Waals surface area contributed by atoms with Crippen molar-refractivity contribution in [3.05, 3.63) is 106 Å². The van der Waals surface area contributed by atoms with Gasteiger partial charge in [0.2, 0.25) is 5.95 Å². The van der Waals surface area contributed by atoms with Gasteiger partial charge in [-0.1, -0.05) is 31.2 Å². The van der Waals surface area contributed by atoms with E-state index in [0.29, 0.717) is 57.2 Å². The van der Waals surface area contributed by atoms with Crippen LogP contribution in [0.2, 0.25) is 5.02 Å². The summed E-state index contributed by atoms with van der Waals surface area (Å²) >= 11 is 6.31. The molecule has 0 spiro atoms. The summed E-state index contributed by atoms with van der Waals surface area (Å²) in [7, 11) is 1.92. The Hall–Kier alpha value is -4.21. The minimum Gasteiger partial charge on any atom is -0.337 e. The highest BCUT2D eigenvalue weighted by Crippen LogP contribution is 2.34. The fourth-order valence-corrected chi connectivity index (χ4v) is 5.50. The normalized spacial score (nSPS) is 16.0. The van der Waals surface area contributed by atoms with Crippen LogP contribution in [0, 0.1) is 11.6 Å². The molecule has 1 saturated heterocycles. The average Bonchev–Trinajstić information content (AvgIpc) is 3.13. The van der Waals surface area contributed by atoms with Crippen molar-refractivity contribution in [2.75, 3.05) is 25.5 Å². The molecular weight excluding hydrogens is 558 g/mol. The maximum Gasteiger partial charge on any atom is 0.253 e. The molecule has 0 radical (unpaired) electrons. The van der Waals surface area contributed by atoms with Crippen LogP contribution in [0.25, 0.3) is 11.3 Å². The molecule has 216 valence electrons. The molecule has 2 aliphatic rings. The average molecular weight is 589 g/mol. The van der Waals surface area contributed by atoms with Gasteiger partial charge in [0.1, 0.15) is 11.6 Å². The van der Waals surface area contributed by atoms with E-state index in [9.17, 15) is 13.6 Å². The summed E-state index contributed by atoms with van der Waals surface area (Å²) in [5.41, 5.74) is 3.68. The number of nitrogens with one attached hydrogen (secondary N) is 2. The molecule has 7 nitrogen and oxygen atoms in total. The molecule has 4 aromatic rings. The van der Waals surface area contributed by atoms with Gasteiger partial charge in [-0.25, -0.2) is 18.7 Å². The highest BCUT2D eigenvalue weighted by atomic mass is 35.5. The van der Waals surface area contributed by atoms with Gasteiger partial charge in [0.15, 0.2) is 0 Å². The zero-order chi connectivity index (χ0) is 28.5. The van der Waals surface area contributed by atoms with Gasteiger partial charge in [0, 0.05) is 58.3 Å². The van der Waals surface area contributed by atoms with Crippen molar-refractivity contribution >= 4 is 34.9 Å². The number of amides is 1. The predicted octanol–water partition coefficient (Wildman–Crippen LogP) is 6.63. The van der Waals surface area contributed by atoms with E-state index in [0.717, 1.165) is 19.4 Å². The molecule has 10 heteroatoms. The van der Waals surface area contributed by atoms with Gasteiger partial charge in [-0.05, 0) is 68.4 Å². The zero-order valence-electron chi connectivity index (χ0n) is 22.3. The van der Waals surface area contributed by atoms with E-state index in [1.165, 1.54) is 18.2 Å². The number of hydrogen-bond acceptors (Lipinski definition) is 6. The first kappa shape index (κ1) is 29.3. The minimum atomic E-state index is -0.710. The molecule has 3 aromatic carbocycles. The van der Waals surface area contributed by atoms with E-state index < -0.39 is 11.6 Å². The number of nitrogens with zero attached hydrogens (tertiary/aromatic N) is 4. The monoisotopic (exact) mass is 588 g/mol. The summed E-state index contributed by atoms with van der Waals surface area (Å²) in [6.45, 7) is 1.58. The van der Waals surface area contributed by atoms with Gasteiger partial charge >= 0.3 is 0 Å². The zero-order valence-corrected chi connectivity index (χ0v) is 23.1. The Kier molecular flexibility index (Phi) is 8.61. The van der Waals surface area contributed by atoms with E-state index in [1.54, 1.807) is 36.5 Å². The smallest absolute Gasteiger partial charge is 0.253 e. The molecular formula is C32H31ClF2N6O. The van der Waals surface area contributed by atoms with Crippen molar-refractivity contribution in [3.8, 4) is 11.3 Å². The number of fused-ring (bicyclic) bond motifs is 3. The van der Waals surface area contributed by atoms with Gasteiger partial charge in [-0.15, -0.1) is 0 Å². The number of piperidine rings is 1. The first-order valence-corrected chi connectivity index (χ1v) is 13.8. The number of hydrogen-bond donors (Lipinski definition) is 2. The molecule has 0 aliphatic carbocycles. The number of halogens is 3. The third-order valence-corrected chi connectivity index (χ3v) is 7.70. The van der Waals surface area contributed by atoms with Crippen LogP contribution in [0.4, 0.5) is 20.4 Å². The second-order valence-electron chi connectivity index (χ2n) is 10.1. The summed E-state index contributed by atoms with van der Waals surface area (Å²) in [6, 6.07) is 16.4. The lowest BCUT2D eigenvalue weighted by atomic mass is 9.95. The van der Waals surface area contributed by atoms with Crippen molar-refractivity contribution in [3.63, 3.8) is 0 Å². The van der Waals surface area contributed by atoms with Gasteiger partial charge in [0.05, 0.1) is 23.5 Å². The standard InChI is InChI=1S/C31H27ClF2N6O.CH4/c1-35-22-4-3-13-40(17-22)30(41)18-7-10-21(11-8-18)38-31-37-16-19-15-36-29(27-25(33)5-2-6-26(27)34)24-14-20(32)9-12-23(24)28(19)39-31;/h2,5-12,14,16,22,35H,3-4,13,15,17H2,1H3,(H,37,38,39);1H4. The largest absolute Gasteiger partial charge is 0.337 e. The Bertz CT molecular complexity index is 1640. The van der Waals surface area contributed by atoms with Gasteiger partial charge in [0.25, 0.3) is 5.91 Å². The van der Waals surface area contributed by atoms with Crippen LogP contribution in [0.3, 0.4) is 0 Å². The lowest BCUT2D eigenvalue weighted by Gasteiger charge is -2.32. The van der Waals surface area contributed by atoms with Crippen molar-refractivity contribution in [2.24, 2.45) is 4.99 Å². The molecule has 42 heavy (non-hydrogen) atoms. The minimum absolute atomic E-state index is 0. The summed E-state index contributed by atoms with van der Waals surface area (Å²) in [5, 5.41) is 6.87. The third-order valence-electron chi connectivity index (χ3n) is 7.47. The Morgan fingerprint density at radius 1 is 1.05 bits per heavy atom. The van der Waals surface area contributed by atoms with Crippen LogP contribution >= 0.6 is 11.6 Å². The summed E-state index contributed by atoms with van der Waals surface area (Å²) < 4.78 is 29.6. The molecule has 1 amide bonds. The van der Waals surface area contributed by atoms with E-state index >= 15 is 0 Å². The van der Waals surface area contributed by atoms with Crippen molar-refractivity contribution in [1.82, 2.24) is 20.2 Å². The number of aromatic nitrogens is 2. The first-order valence-electron chi connectivity index (χ1n) is 13.4. The quantitative estimate of drug-likeness (QED) is 0.273. The summed E-state index contributed by atoms with van der Waals surface area (Å²) in [4.78, 5) is 28.7. The summed E-state index contributed by atoms with van der Waals surface area (Å²) in [5.74, 6) is -1.08. The number of anilines is 2. The topological polar surface area (TPSA) is 82.5 Å². The number of aliphatic imine (C=N–C) groups is 1. The van der Waals surface area contributed by atoms with Crippen molar-refractivity contribution < 1.29 is 13.6 Å². The number of likely N-dealkylation sites (tertiary alicyclic amines) is 1. The molecule has 6 rings (SSSR count). The highest BCUT2D eigenvalue weighted by Gasteiger charge is 2.26. The van der Waals surface area contributed by atoms with E-state index in [4.69, 9.17) is 16.6 Å². The van der Waals surface area contributed by atoms with Crippen molar-refractivity contribution in [1.29, 1.82) is 0 Å². The molecule has 1 fully saturated rings. The Morgan fingerprint density at radius 3 is 2.55 bits per heavy atom.